The molecule has 0 bridgehead atoms. The van der Waals surface area contributed by atoms with Crippen molar-refractivity contribution in [2.75, 3.05) is 0 Å². The lowest BCUT2D eigenvalue weighted by Crippen LogP contribution is -2.17. The molecule has 0 N–H and O–H groups in total. The number of hydrogen-bond donors (Lipinski definition) is 0. The third-order valence-corrected chi connectivity index (χ3v) is 4.99. The van der Waals surface area contributed by atoms with Crippen LogP contribution in [0.5, 0.6) is 5.75 Å². The van der Waals surface area contributed by atoms with Gasteiger partial charge in [-0.25, -0.2) is 0 Å². The Morgan fingerprint density at radius 3 is 2.41 bits per heavy atom. The van der Waals surface area contributed by atoms with Crippen LogP contribution < -0.4 is 4.74 Å². The van der Waals surface area contributed by atoms with Crippen LogP contribution in [0.1, 0.15) is 18.1 Å². The van der Waals surface area contributed by atoms with E-state index in [0.717, 1.165) is 5.75 Å². The SMILES string of the molecule is C/C(=C\C[Si](C)(C)C)c1cccc(OCc2ccccc2)c1. The molecule has 22 heavy (non-hydrogen) atoms. The van der Waals surface area contributed by atoms with Crippen molar-refractivity contribution >= 4 is 13.6 Å². The van der Waals surface area contributed by atoms with E-state index in [1.54, 1.807) is 0 Å². The average Bonchev–Trinajstić information content (AvgIpc) is 2.51. The molecule has 0 fully saturated rings. The quantitative estimate of drug-likeness (QED) is 0.594. The second-order valence-electron chi connectivity index (χ2n) is 6.95. The Morgan fingerprint density at radius 1 is 1.00 bits per heavy atom. The van der Waals surface area contributed by atoms with Crippen LogP contribution in [-0.4, -0.2) is 8.07 Å². The Kier molecular flexibility index (Phi) is 5.61. The van der Waals surface area contributed by atoms with Crippen LogP contribution in [0, 0.1) is 0 Å². The first-order valence-corrected chi connectivity index (χ1v) is 11.6. The van der Waals surface area contributed by atoms with Crippen LogP contribution in [-0.2, 0) is 6.61 Å². The van der Waals surface area contributed by atoms with Gasteiger partial charge in [0.25, 0.3) is 0 Å². The maximum Gasteiger partial charge on any atom is 0.120 e. The zero-order valence-corrected chi connectivity index (χ0v) is 15.1. The highest BCUT2D eigenvalue weighted by Gasteiger charge is 2.10. The molecule has 2 aromatic carbocycles. The molecule has 0 aliphatic carbocycles. The van der Waals surface area contributed by atoms with Gasteiger partial charge in [0.05, 0.1) is 0 Å². The number of allylic oxidation sites excluding steroid dienone is 2. The van der Waals surface area contributed by atoms with Crippen LogP contribution in [0.25, 0.3) is 5.57 Å². The number of rotatable bonds is 6. The van der Waals surface area contributed by atoms with Gasteiger partial charge in [-0.05, 0) is 41.8 Å². The van der Waals surface area contributed by atoms with Crippen molar-refractivity contribution in [1.29, 1.82) is 0 Å². The summed E-state index contributed by atoms with van der Waals surface area (Å²) < 4.78 is 5.91. The fraction of sp³-hybridized carbons (Fsp3) is 0.300. The predicted octanol–water partition coefficient (Wildman–Crippen LogP) is 6.01. The van der Waals surface area contributed by atoms with Gasteiger partial charge in [-0.1, -0.05) is 68.2 Å². The van der Waals surface area contributed by atoms with Gasteiger partial charge < -0.3 is 4.74 Å². The molecular weight excluding hydrogens is 284 g/mol. The monoisotopic (exact) mass is 310 g/mol. The van der Waals surface area contributed by atoms with Gasteiger partial charge in [0, 0.05) is 8.07 Å². The summed E-state index contributed by atoms with van der Waals surface area (Å²) in [5.41, 5.74) is 3.79. The van der Waals surface area contributed by atoms with Gasteiger partial charge in [-0.3, -0.25) is 0 Å². The molecule has 0 amide bonds. The first-order chi connectivity index (χ1) is 10.4. The average molecular weight is 311 g/mol. The van der Waals surface area contributed by atoms with Gasteiger partial charge >= 0.3 is 0 Å². The molecule has 0 radical (unpaired) electrons. The van der Waals surface area contributed by atoms with Crippen LogP contribution in [0.2, 0.25) is 25.7 Å². The molecular formula is C20H26OSi. The summed E-state index contributed by atoms with van der Waals surface area (Å²) in [5.74, 6) is 0.933. The van der Waals surface area contributed by atoms with E-state index in [2.05, 4.69) is 63.0 Å². The van der Waals surface area contributed by atoms with E-state index in [1.165, 1.54) is 22.7 Å². The van der Waals surface area contributed by atoms with E-state index >= 15 is 0 Å². The molecule has 1 nitrogen and oxygen atoms in total. The summed E-state index contributed by atoms with van der Waals surface area (Å²) in [6.07, 6.45) is 2.38. The first kappa shape index (κ1) is 16.6. The Morgan fingerprint density at radius 2 is 1.73 bits per heavy atom. The normalized spacial score (nSPS) is 12.3. The van der Waals surface area contributed by atoms with Crippen molar-refractivity contribution in [3.05, 3.63) is 71.8 Å². The molecule has 0 aliphatic rings. The van der Waals surface area contributed by atoms with Gasteiger partial charge in [-0.2, -0.15) is 0 Å². The lowest BCUT2D eigenvalue weighted by molar-refractivity contribution is 0.306. The molecule has 0 heterocycles. The fourth-order valence-corrected chi connectivity index (χ4v) is 3.07. The standard InChI is InChI=1S/C20H26OSi/c1-17(13-14-22(2,3)4)19-11-8-12-20(15-19)21-16-18-9-6-5-7-10-18/h5-13,15H,14,16H2,1-4H3/b17-13+. The molecule has 0 aromatic heterocycles. The minimum absolute atomic E-state index is 0.613. The van der Waals surface area contributed by atoms with Gasteiger partial charge in [0.15, 0.2) is 0 Å². The van der Waals surface area contributed by atoms with E-state index < -0.39 is 8.07 Å². The largest absolute Gasteiger partial charge is 0.489 e. The summed E-state index contributed by atoms with van der Waals surface area (Å²) in [6, 6.07) is 19.9. The number of hydrogen-bond acceptors (Lipinski definition) is 1. The molecule has 2 aromatic rings. The van der Waals surface area contributed by atoms with Gasteiger partial charge in [0.2, 0.25) is 0 Å². The third kappa shape index (κ3) is 5.53. The van der Waals surface area contributed by atoms with Crippen LogP contribution >= 0.6 is 0 Å². The minimum Gasteiger partial charge on any atom is -0.489 e. The van der Waals surface area contributed by atoms with Crippen LogP contribution in [0.3, 0.4) is 0 Å². The molecule has 2 heteroatoms. The molecule has 0 spiro atoms. The Hall–Kier alpha value is -1.80. The van der Waals surface area contributed by atoms with Crippen molar-refractivity contribution < 1.29 is 4.74 Å². The Balaban J connectivity index is 2.03. The van der Waals surface area contributed by atoms with E-state index in [4.69, 9.17) is 4.74 Å². The van der Waals surface area contributed by atoms with Gasteiger partial charge in [-0.15, -0.1) is 0 Å². The zero-order valence-electron chi connectivity index (χ0n) is 14.1. The van der Waals surface area contributed by atoms with Crippen molar-refractivity contribution in [3.8, 4) is 5.75 Å². The van der Waals surface area contributed by atoms with Crippen LogP contribution in [0.15, 0.2) is 60.7 Å². The highest BCUT2D eigenvalue weighted by Crippen LogP contribution is 2.22. The second-order valence-corrected chi connectivity index (χ2v) is 12.5. The zero-order chi connectivity index (χ0) is 16.0. The highest BCUT2D eigenvalue weighted by atomic mass is 28.3. The molecule has 0 atom stereocenters. The summed E-state index contributed by atoms with van der Waals surface area (Å²) in [5, 5.41) is 0. The predicted molar refractivity (Wildman–Crippen MR) is 99.0 cm³/mol. The smallest absolute Gasteiger partial charge is 0.120 e. The minimum atomic E-state index is -1.03. The molecule has 0 aliphatic heterocycles. The van der Waals surface area contributed by atoms with Crippen molar-refractivity contribution in [1.82, 2.24) is 0 Å². The molecule has 0 saturated carbocycles. The molecule has 116 valence electrons. The number of benzene rings is 2. The Labute approximate surface area is 135 Å². The van der Waals surface area contributed by atoms with E-state index in [1.807, 2.05) is 24.3 Å². The molecule has 0 unspecified atom stereocenters. The van der Waals surface area contributed by atoms with Crippen molar-refractivity contribution in [2.45, 2.75) is 39.2 Å². The lowest BCUT2D eigenvalue weighted by atomic mass is 10.1. The second kappa shape index (κ2) is 7.46. The first-order valence-electron chi connectivity index (χ1n) is 7.88. The van der Waals surface area contributed by atoms with Crippen molar-refractivity contribution in [2.24, 2.45) is 0 Å². The van der Waals surface area contributed by atoms with Gasteiger partial charge in [0.1, 0.15) is 12.4 Å². The maximum absolute atomic E-state index is 5.91. The number of ether oxygens (including phenoxy) is 1. The molecule has 0 saturated heterocycles. The maximum atomic E-state index is 5.91. The Bertz CT molecular complexity index is 624. The summed E-state index contributed by atoms with van der Waals surface area (Å²) in [6.45, 7) is 10.0. The lowest BCUT2D eigenvalue weighted by Gasteiger charge is -2.13. The van der Waals surface area contributed by atoms with Crippen LogP contribution in [0.4, 0.5) is 0 Å². The van der Waals surface area contributed by atoms with E-state index in [9.17, 15) is 0 Å². The molecule has 2 rings (SSSR count). The third-order valence-electron chi connectivity index (χ3n) is 3.56. The summed E-state index contributed by atoms with van der Waals surface area (Å²) in [7, 11) is -1.03. The summed E-state index contributed by atoms with van der Waals surface area (Å²) in [4.78, 5) is 0. The topological polar surface area (TPSA) is 9.23 Å². The van der Waals surface area contributed by atoms with Crippen molar-refractivity contribution in [3.63, 3.8) is 0 Å². The van der Waals surface area contributed by atoms with E-state index in [0.29, 0.717) is 6.61 Å². The summed E-state index contributed by atoms with van der Waals surface area (Å²) >= 11 is 0. The van der Waals surface area contributed by atoms with E-state index in [-0.39, 0.29) is 0 Å². The highest BCUT2D eigenvalue weighted by molar-refractivity contribution is 6.76. The fourth-order valence-electron chi connectivity index (χ4n) is 2.15.